The maximum Gasteiger partial charge on any atom is 0.701 e. The predicted octanol–water partition coefficient (Wildman–Crippen LogP) is 2.47. The number of aliphatic hydroxyl groups is 2. The fourth-order valence-corrected chi connectivity index (χ4v) is 6.32. The number of rotatable bonds is 10. The highest BCUT2D eigenvalue weighted by molar-refractivity contribution is 7.33. The summed E-state index contributed by atoms with van der Waals surface area (Å²) < 4.78 is 25.7. The molecule has 2 atom stereocenters. The van der Waals surface area contributed by atoms with E-state index in [0.29, 0.717) is 33.9 Å². The van der Waals surface area contributed by atoms with E-state index in [2.05, 4.69) is 44.3 Å². The zero-order valence-electron chi connectivity index (χ0n) is 26.5. The molecule has 2 aromatic carbocycles. The van der Waals surface area contributed by atoms with Crippen LogP contribution in [-0.2, 0) is 61.0 Å². The molecule has 4 heterocycles. The number of benzene rings is 2. The van der Waals surface area contributed by atoms with Crippen molar-refractivity contribution in [3.05, 3.63) is 83.4 Å². The summed E-state index contributed by atoms with van der Waals surface area (Å²) in [4.78, 5) is 29.5. The molecule has 0 spiro atoms. The molecule has 0 radical (unpaired) electrons. The Labute approximate surface area is 286 Å². The summed E-state index contributed by atoms with van der Waals surface area (Å²) in [5.74, 6) is 10.9. The second kappa shape index (κ2) is 12.6. The van der Waals surface area contributed by atoms with Crippen molar-refractivity contribution < 1.29 is 33.4 Å². The van der Waals surface area contributed by atoms with Crippen LogP contribution >= 0.6 is 8.25 Å². The van der Waals surface area contributed by atoms with E-state index in [1.165, 1.54) is 31.6 Å². The first-order valence-electron chi connectivity index (χ1n) is 16.1. The minimum atomic E-state index is -2.61. The molecule has 2 saturated carbocycles. The Kier molecular flexibility index (Phi) is 8.02. The van der Waals surface area contributed by atoms with Crippen molar-refractivity contribution in [2.45, 2.75) is 63.4 Å². The molecule has 2 N–H and O–H groups in total. The summed E-state index contributed by atoms with van der Waals surface area (Å²) in [6, 6.07) is 13.9. The molecule has 16 heteroatoms. The van der Waals surface area contributed by atoms with Crippen molar-refractivity contribution in [1.29, 1.82) is 0 Å². The largest absolute Gasteiger partial charge is 0.701 e. The number of aromatic nitrogens is 6. The normalized spacial score (nSPS) is 22.1. The quantitative estimate of drug-likeness (QED) is 0.184. The molecule has 0 saturated heterocycles. The van der Waals surface area contributed by atoms with Gasteiger partial charge in [-0.3, -0.25) is 9.59 Å². The second-order valence-electron chi connectivity index (χ2n) is 12.6. The van der Waals surface area contributed by atoms with Crippen LogP contribution < -0.4 is 9.80 Å². The van der Waals surface area contributed by atoms with Gasteiger partial charge >= 0.3 is 8.25 Å². The van der Waals surface area contributed by atoms with Crippen LogP contribution in [0.15, 0.2) is 60.9 Å². The number of hydrogen-bond acceptors (Lipinski definition) is 11. The van der Waals surface area contributed by atoms with E-state index in [1.54, 1.807) is 48.5 Å². The van der Waals surface area contributed by atoms with Crippen LogP contribution in [-0.4, -0.2) is 52.0 Å². The number of nitrogens with zero attached hydrogens (tertiary/aromatic N) is 8. The second-order valence-corrected chi connectivity index (χ2v) is 13.5. The zero-order valence-corrected chi connectivity index (χ0v) is 27.4. The number of carbonyl (C=O) groups is 2. The van der Waals surface area contributed by atoms with E-state index in [4.69, 9.17) is 9.05 Å². The van der Waals surface area contributed by atoms with E-state index in [9.17, 15) is 24.4 Å². The first-order chi connectivity index (χ1) is 24.2. The summed E-state index contributed by atoms with van der Waals surface area (Å²) in [6.07, 6.45) is 6.93. The summed E-state index contributed by atoms with van der Waals surface area (Å²) in [7, 11) is -2.61. The van der Waals surface area contributed by atoms with Crippen molar-refractivity contribution in [1.82, 2.24) is 30.0 Å². The Hall–Kier alpha value is -5.28. The molecule has 15 nitrogen and oxygen atoms in total. The van der Waals surface area contributed by atoms with Crippen LogP contribution in [0.5, 0.6) is 0 Å². The fraction of sp³-hybridized carbons (Fsp3) is 0.353. The monoisotopic (exact) mass is 693 g/mol. The van der Waals surface area contributed by atoms with Crippen LogP contribution in [0, 0.1) is 35.5 Å². The lowest BCUT2D eigenvalue weighted by atomic mass is 9.96. The molecule has 2 aromatic heterocycles. The predicted molar refractivity (Wildman–Crippen MR) is 174 cm³/mol. The summed E-state index contributed by atoms with van der Waals surface area (Å²) in [5, 5.41) is 38.7. The highest BCUT2D eigenvalue weighted by Gasteiger charge is 2.50. The third-order valence-electron chi connectivity index (χ3n) is 8.75. The Bertz CT molecular complexity index is 2010. The van der Waals surface area contributed by atoms with Gasteiger partial charge in [-0.2, -0.15) is 0 Å². The lowest BCUT2D eigenvalue weighted by Crippen LogP contribution is -2.39. The topological polar surface area (TPSA) is 178 Å². The number of carbonyl (C=O) groups excluding carboxylic acids is 2. The lowest BCUT2D eigenvalue weighted by molar-refractivity contribution is -0.131. The molecule has 252 valence electrons. The Morgan fingerprint density at radius 2 is 1.14 bits per heavy atom. The number of fused-ring (bicyclic) bond motifs is 2. The molecule has 2 fully saturated rings. The van der Waals surface area contributed by atoms with Gasteiger partial charge in [0.15, 0.2) is 13.5 Å². The van der Waals surface area contributed by atoms with Gasteiger partial charge in [0.05, 0.1) is 36.9 Å². The molecule has 2 aliphatic carbocycles. The Morgan fingerprint density at radius 1 is 0.720 bits per heavy atom. The van der Waals surface area contributed by atoms with Crippen LogP contribution in [0.2, 0.25) is 0 Å². The third-order valence-corrected chi connectivity index (χ3v) is 9.40. The Morgan fingerprint density at radius 3 is 1.56 bits per heavy atom. The van der Waals surface area contributed by atoms with Gasteiger partial charge in [0, 0.05) is 27.5 Å². The maximum absolute atomic E-state index is 13.4. The molecule has 2 aliphatic heterocycles. The molecular weight excluding hydrogens is 663 g/mol. The van der Waals surface area contributed by atoms with Crippen LogP contribution in [0.1, 0.15) is 48.2 Å². The molecule has 4 aromatic rings. The Balaban J connectivity index is 0.845. The van der Waals surface area contributed by atoms with E-state index >= 15 is 0 Å². The highest BCUT2D eigenvalue weighted by Crippen LogP contribution is 2.42. The molecule has 4 aliphatic rings. The number of para-hydroxylation sites is 2. The van der Waals surface area contributed by atoms with Crippen molar-refractivity contribution in [2.24, 2.45) is 11.8 Å². The van der Waals surface area contributed by atoms with Crippen molar-refractivity contribution >= 4 is 31.4 Å². The SMILES string of the molecule is O=C1N(Cc2cn(CO[P+](=O)OCn3cc(CN4C(=O)[C@](O)(C#CC5CC5)c5ccccc54)nn3)nn2)c2ccccc2[C@@]1(O)C#CC1CC1. The van der Waals surface area contributed by atoms with Crippen LogP contribution in [0.25, 0.3) is 0 Å². The van der Waals surface area contributed by atoms with Gasteiger partial charge < -0.3 is 20.0 Å². The van der Waals surface area contributed by atoms with Gasteiger partial charge in [0.1, 0.15) is 11.4 Å². The van der Waals surface area contributed by atoms with E-state index in [0.717, 1.165) is 25.7 Å². The van der Waals surface area contributed by atoms with E-state index in [-0.39, 0.29) is 38.4 Å². The molecular formula is C34H30N8O7P+. The minimum absolute atomic E-state index is 0.0301. The summed E-state index contributed by atoms with van der Waals surface area (Å²) in [5.41, 5.74) is -1.08. The number of hydrogen-bond donors (Lipinski definition) is 2. The molecule has 0 unspecified atom stereocenters. The fourth-order valence-electron chi connectivity index (χ4n) is 5.82. The smallest absolute Gasteiger partial charge is 0.366 e. The number of anilines is 2. The van der Waals surface area contributed by atoms with Gasteiger partial charge in [-0.25, -0.2) is 9.36 Å². The van der Waals surface area contributed by atoms with Crippen LogP contribution in [0.3, 0.4) is 0 Å². The molecule has 50 heavy (non-hydrogen) atoms. The molecule has 8 rings (SSSR count). The van der Waals surface area contributed by atoms with Gasteiger partial charge in [0.2, 0.25) is 11.2 Å². The first-order valence-corrected chi connectivity index (χ1v) is 17.1. The average Bonchev–Trinajstić information content (AvgIpc) is 4.03. The lowest BCUT2D eigenvalue weighted by Gasteiger charge is -2.17. The first kappa shape index (κ1) is 32.0. The summed E-state index contributed by atoms with van der Waals surface area (Å²) in [6.45, 7) is -0.449. The van der Waals surface area contributed by atoms with Gasteiger partial charge in [-0.05, 0) is 37.8 Å². The van der Waals surface area contributed by atoms with Gasteiger partial charge in [-0.1, -0.05) is 79.6 Å². The average molecular weight is 694 g/mol. The van der Waals surface area contributed by atoms with E-state index < -0.39 is 31.3 Å². The summed E-state index contributed by atoms with van der Waals surface area (Å²) >= 11 is 0. The zero-order chi connectivity index (χ0) is 34.5. The molecule has 2 amide bonds. The van der Waals surface area contributed by atoms with Crippen molar-refractivity contribution in [3.63, 3.8) is 0 Å². The standard InChI is InChI=1S/C34H30N8O7P/c43-31-33(45,15-13-23-9-10-23)27-5-1-3-7-29(27)41(31)19-25-17-39(37-35-25)21-48-50(47)49-22-40-18-26(36-38-40)20-42-30-8-4-2-6-28(30)34(46,32(42)44)16-14-24-11-12-24/h1-8,17-18,23-24,45-46H,9-12,19-22H2/q+1/t33-,34-/m0/s1. The van der Waals surface area contributed by atoms with Gasteiger partial charge in [0.25, 0.3) is 11.8 Å². The molecule has 0 bridgehead atoms. The minimum Gasteiger partial charge on any atom is -0.366 e. The highest BCUT2D eigenvalue weighted by atomic mass is 31.1. The van der Waals surface area contributed by atoms with Crippen molar-refractivity contribution in [3.8, 4) is 23.7 Å². The van der Waals surface area contributed by atoms with Crippen molar-refractivity contribution in [2.75, 3.05) is 9.80 Å². The third kappa shape index (κ3) is 6.07. The number of amides is 2. The maximum atomic E-state index is 13.4. The van der Waals surface area contributed by atoms with E-state index in [1.807, 2.05) is 0 Å². The van der Waals surface area contributed by atoms with Gasteiger partial charge in [-0.15, -0.1) is 10.2 Å². The van der Waals surface area contributed by atoms with Crippen LogP contribution in [0.4, 0.5) is 11.4 Å².